The molecule has 0 nitrogen and oxygen atoms in total. The van der Waals surface area contributed by atoms with E-state index >= 15 is 0 Å². The summed E-state index contributed by atoms with van der Waals surface area (Å²) in [6.45, 7) is 4.54. The average molecular weight is 384 g/mol. The molecule has 0 unspecified atom stereocenters. The van der Waals surface area contributed by atoms with Gasteiger partial charge in [0.15, 0.2) is 0 Å². The highest BCUT2D eigenvalue weighted by molar-refractivity contribution is 9.10. The van der Waals surface area contributed by atoms with Crippen LogP contribution in [0.1, 0.15) is 25.0 Å². The van der Waals surface area contributed by atoms with E-state index in [4.69, 9.17) is 11.6 Å². The molecule has 114 valence electrons. The van der Waals surface area contributed by atoms with E-state index in [1.165, 1.54) is 33.4 Å². The molecule has 0 radical (unpaired) electrons. The molecule has 3 aromatic rings. The summed E-state index contributed by atoms with van der Waals surface area (Å²) in [6.07, 6.45) is 0. The first-order chi connectivity index (χ1) is 11.0. The molecule has 0 fully saturated rings. The Labute approximate surface area is 150 Å². The summed E-state index contributed by atoms with van der Waals surface area (Å²) >= 11 is 10.1. The predicted octanol–water partition coefficient (Wildman–Crippen LogP) is 7.08. The van der Waals surface area contributed by atoms with E-state index in [0.717, 1.165) is 9.50 Å². The van der Waals surface area contributed by atoms with Gasteiger partial charge in [-0.3, -0.25) is 0 Å². The van der Waals surface area contributed by atoms with E-state index in [1.54, 1.807) is 0 Å². The number of rotatable bonds is 1. The molecular formula is C21H16BrCl. The summed E-state index contributed by atoms with van der Waals surface area (Å²) in [4.78, 5) is 0. The zero-order chi connectivity index (χ0) is 16.2. The number of hydrogen-bond acceptors (Lipinski definition) is 0. The molecule has 1 aliphatic rings. The number of hydrogen-bond donors (Lipinski definition) is 0. The van der Waals surface area contributed by atoms with Crippen LogP contribution in [-0.2, 0) is 5.41 Å². The van der Waals surface area contributed by atoms with Crippen LogP contribution >= 0.6 is 27.5 Å². The zero-order valence-electron chi connectivity index (χ0n) is 13.0. The molecule has 0 heterocycles. The molecule has 0 saturated heterocycles. The Morgan fingerprint density at radius 2 is 1.57 bits per heavy atom. The van der Waals surface area contributed by atoms with Crippen molar-refractivity contribution in [3.63, 3.8) is 0 Å². The van der Waals surface area contributed by atoms with Crippen LogP contribution in [0.2, 0.25) is 5.02 Å². The van der Waals surface area contributed by atoms with Crippen molar-refractivity contribution in [3.8, 4) is 22.3 Å². The fourth-order valence-electron chi connectivity index (χ4n) is 3.71. The maximum atomic E-state index is 6.28. The largest absolute Gasteiger partial charge is 0.0843 e. The van der Waals surface area contributed by atoms with Crippen molar-refractivity contribution in [3.05, 3.63) is 81.3 Å². The van der Waals surface area contributed by atoms with Crippen molar-refractivity contribution in [1.29, 1.82) is 0 Å². The van der Waals surface area contributed by atoms with E-state index in [-0.39, 0.29) is 5.41 Å². The van der Waals surface area contributed by atoms with Crippen LogP contribution in [0.3, 0.4) is 0 Å². The van der Waals surface area contributed by atoms with E-state index in [2.05, 4.69) is 84.4 Å². The lowest BCUT2D eigenvalue weighted by Gasteiger charge is -2.23. The van der Waals surface area contributed by atoms with Crippen LogP contribution in [0.5, 0.6) is 0 Å². The first-order valence-electron chi connectivity index (χ1n) is 7.69. The number of benzene rings is 3. The number of fused-ring (bicyclic) bond motifs is 3. The van der Waals surface area contributed by atoms with Gasteiger partial charge in [-0.25, -0.2) is 0 Å². The standard InChI is InChI=1S/C21H16BrCl/c1-21(2)17-12-14(23)8-9-16(17)19-15(10-11-18(22)20(19)21)13-6-4-3-5-7-13/h3-12H,1-2H3. The fraction of sp³-hybridized carbons (Fsp3) is 0.143. The second kappa shape index (κ2) is 5.22. The third kappa shape index (κ3) is 2.18. The van der Waals surface area contributed by atoms with E-state index < -0.39 is 0 Å². The van der Waals surface area contributed by atoms with E-state index in [1.807, 2.05) is 6.07 Å². The molecule has 0 amide bonds. The Morgan fingerprint density at radius 1 is 0.870 bits per heavy atom. The molecule has 0 atom stereocenters. The van der Waals surface area contributed by atoms with Crippen molar-refractivity contribution in [2.24, 2.45) is 0 Å². The molecule has 4 rings (SSSR count). The number of halogens is 2. The van der Waals surface area contributed by atoms with Crippen LogP contribution in [0.15, 0.2) is 65.1 Å². The van der Waals surface area contributed by atoms with Crippen LogP contribution in [0, 0.1) is 0 Å². The lowest BCUT2D eigenvalue weighted by Crippen LogP contribution is -2.15. The Morgan fingerprint density at radius 3 is 2.30 bits per heavy atom. The maximum Gasteiger partial charge on any atom is 0.0409 e. The third-order valence-corrected chi connectivity index (χ3v) is 5.68. The van der Waals surface area contributed by atoms with Crippen LogP contribution < -0.4 is 0 Å². The molecule has 0 spiro atoms. The quantitative estimate of drug-likeness (QED) is 0.421. The second-order valence-electron chi connectivity index (χ2n) is 6.53. The van der Waals surface area contributed by atoms with Gasteiger partial charge in [-0.05, 0) is 51.6 Å². The highest BCUT2D eigenvalue weighted by Crippen LogP contribution is 2.54. The summed E-state index contributed by atoms with van der Waals surface area (Å²) in [5.41, 5.74) is 7.70. The van der Waals surface area contributed by atoms with Gasteiger partial charge in [-0.1, -0.05) is 83.8 Å². The molecule has 0 saturated carbocycles. The minimum atomic E-state index is -0.0702. The SMILES string of the molecule is CC1(C)c2cc(Cl)ccc2-c2c(-c3ccccc3)ccc(Br)c21. The molecule has 0 aliphatic heterocycles. The monoisotopic (exact) mass is 382 g/mol. The fourth-order valence-corrected chi connectivity index (χ4v) is 4.71. The highest BCUT2D eigenvalue weighted by atomic mass is 79.9. The van der Waals surface area contributed by atoms with Crippen molar-refractivity contribution in [2.45, 2.75) is 19.3 Å². The van der Waals surface area contributed by atoms with Crippen molar-refractivity contribution in [1.82, 2.24) is 0 Å². The summed E-state index contributed by atoms with van der Waals surface area (Å²) in [5.74, 6) is 0. The van der Waals surface area contributed by atoms with Gasteiger partial charge in [0.25, 0.3) is 0 Å². The Bertz CT molecular complexity index is 911. The van der Waals surface area contributed by atoms with Crippen molar-refractivity contribution >= 4 is 27.5 Å². The lowest BCUT2D eigenvalue weighted by molar-refractivity contribution is 0.657. The highest BCUT2D eigenvalue weighted by Gasteiger charge is 2.38. The van der Waals surface area contributed by atoms with E-state index in [9.17, 15) is 0 Å². The van der Waals surface area contributed by atoms with Gasteiger partial charge in [0.2, 0.25) is 0 Å². The predicted molar refractivity (Wildman–Crippen MR) is 102 cm³/mol. The van der Waals surface area contributed by atoms with Gasteiger partial charge in [0.05, 0.1) is 0 Å². The zero-order valence-corrected chi connectivity index (χ0v) is 15.4. The molecule has 3 aromatic carbocycles. The van der Waals surface area contributed by atoms with Crippen LogP contribution in [0.25, 0.3) is 22.3 Å². The van der Waals surface area contributed by atoms with Gasteiger partial charge in [0, 0.05) is 14.9 Å². The third-order valence-electron chi connectivity index (χ3n) is 4.79. The summed E-state index contributed by atoms with van der Waals surface area (Å²) in [7, 11) is 0. The first kappa shape index (κ1) is 15.0. The topological polar surface area (TPSA) is 0 Å². The normalized spacial score (nSPS) is 14.4. The minimum absolute atomic E-state index is 0.0702. The van der Waals surface area contributed by atoms with Crippen LogP contribution in [-0.4, -0.2) is 0 Å². The smallest absolute Gasteiger partial charge is 0.0409 e. The van der Waals surface area contributed by atoms with E-state index in [0.29, 0.717) is 0 Å². The minimum Gasteiger partial charge on any atom is -0.0843 e. The summed E-state index contributed by atoms with van der Waals surface area (Å²) < 4.78 is 1.16. The molecular weight excluding hydrogens is 368 g/mol. The van der Waals surface area contributed by atoms with Gasteiger partial charge in [-0.2, -0.15) is 0 Å². The molecule has 0 aromatic heterocycles. The van der Waals surface area contributed by atoms with Crippen LogP contribution in [0.4, 0.5) is 0 Å². The Hall–Kier alpha value is -1.57. The van der Waals surface area contributed by atoms with Crippen molar-refractivity contribution < 1.29 is 0 Å². The maximum absolute atomic E-state index is 6.28. The summed E-state index contributed by atoms with van der Waals surface area (Å²) in [6, 6.07) is 21.2. The van der Waals surface area contributed by atoms with Crippen molar-refractivity contribution in [2.75, 3.05) is 0 Å². The van der Waals surface area contributed by atoms with Gasteiger partial charge in [-0.15, -0.1) is 0 Å². The van der Waals surface area contributed by atoms with Gasteiger partial charge < -0.3 is 0 Å². The second-order valence-corrected chi connectivity index (χ2v) is 7.82. The molecule has 0 N–H and O–H groups in total. The molecule has 23 heavy (non-hydrogen) atoms. The van der Waals surface area contributed by atoms with Gasteiger partial charge in [0.1, 0.15) is 0 Å². The molecule has 1 aliphatic carbocycles. The van der Waals surface area contributed by atoms with Gasteiger partial charge >= 0.3 is 0 Å². The average Bonchev–Trinajstić information content (AvgIpc) is 2.77. The summed E-state index contributed by atoms with van der Waals surface area (Å²) in [5, 5.41) is 0.794. The first-order valence-corrected chi connectivity index (χ1v) is 8.86. The molecule has 2 heteroatoms. The lowest BCUT2D eigenvalue weighted by atomic mass is 9.82. The Balaban J connectivity index is 2.11. The Kier molecular flexibility index (Phi) is 3.40. The molecule has 0 bridgehead atoms.